The van der Waals surface area contributed by atoms with Crippen LogP contribution >= 0.6 is 0 Å². The van der Waals surface area contributed by atoms with E-state index in [-0.39, 0.29) is 23.1 Å². The number of ether oxygens (including phenoxy) is 1. The van der Waals surface area contributed by atoms with E-state index in [0.29, 0.717) is 12.1 Å². The molecule has 0 aliphatic rings. The first-order valence-electron chi connectivity index (χ1n) is 6.92. The Hall–Kier alpha value is -1.60. The van der Waals surface area contributed by atoms with Crippen LogP contribution in [0, 0.1) is 0 Å². The second kappa shape index (κ2) is 7.99. The molecule has 2 N–H and O–H groups in total. The molecule has 0 aliphatic heterocycles. The molecule has 118 valence electrons. The van der Waals surface area contributed by atoms with Gasteiger partial charge in [0.2, 0.25) is 10.0 Å². The Morgan fingerprint density at radius 1 is 1.29 bits per heavy atom. The van der Waals surface area contributed by atoms with Crippen molar-refractivity contribution in [2.45, 2.75) is 31.6 Å². The fourth-order valence-corrected chi connectivity index (χ4v) is 3.01. The predicted molar refractivity (Wildman–Crippen MR) is 81.1 cm³/mol. The molecule has 0 aliphatic carbocycles. The average Bonchev–Trinajstić information content (AvgIpc) is 2.46. The monoisotopic (exact) mass is 314 g/mol. The van der Waals surface area contributed by atoms with Crippen molar-refractivity contribution < 1.29 is 17.9 Å². The molecule has 0 saturated heterocycles. The van der Waals surface area contributed by atoms with Gasteiger partial charge in [0.25, 0.3) is 5.91 Å². The molecule has 1 rings (SSSR count). The second-order valence-electron chi connectivity index (χ2n) is 4.48. The summed E-state index contributed by atoms with van der Waals surface area (Å²) in [6, 6.07) is 4.36. The first kappa shape index (κ1) is 17.5. The predicted octanol–water partition coefficient (Wildman–Crippen LogP) is 1.52. The van der Waals surface area contributed by atoms with Crippen molar-refractivity contribution in [2.24, 2.45) is 0 Å². The highest BCUT2D eigenvalue weighted by Gasteiger charge is 2.20. The molecular formula is C14H22N2O4S. The molecule has 0 atom stereocenters. The smallest absolute Gasteiger partial charge is 0.251 e. The van der Waals surface area contributed by atoms with E-state index in [0.717, 1.165) is 12.8 Å². The van der Waals surface area contributed by atoms with E-state index in [1.165, 1.54) is 19.2 Å². The van der Waals surface area contributed by atoms with Gasteiger partial charge in [-0.1, -0.05) is 20.3 Å². The molecule has 0 saturated carbocycles. The zero-order valence-corrected chi connectivity index (χ0v) is 13.4. The van der Waals surface area contributed by atoms with Gasteiger partial charge < -0.3 is 10.1 Å². The van der Waals surface area contributed by atoms with Crippen LogP contribution in [0.4, 0.5) is 0 Å². The van der Waals surface area contributed by atoms with Crippen LogP contribution in [-0.4, -0.2) is 34.5 Å². The van der Waals surface area contributed by atoms with Crippen LogP contribution in [0.15, 0.2) is 23.1 Å². The van der Waals surface area contributed by atoms with Gasteiger partial charge in [-0.2, -0.15) is 0 Å². The van der Waals surface area contributed by atoms with Gasteiger partial charge in [0, 0.05) is 18.7 Å². The number of methoxy groups -OCH3 is 1. The molecule has 1 amide bonds. The minimum absolute atomic E-state index is 0.0324. The van der Waals surface area contributed by atoms with Crippen molar-refractivity contribution in [3.8, 4) is 5.75 Å². The number of carbonyl (C=O) groups is 1. The molecule has 1 aromatic carbocycles. The molecule has 0 fully saturated rings. The Balaban J connectivity index is 3.08. The summed E-state index contributed by atoms with van der Waals surface area (Å²) in [4.78, 5) is 12.0. The zero-order valence-electron chi connectivity index (χ0n) is 12.6. The molecular weight excluding hydrogens is 292 g/mol. The summed E-state index contributed by atoms with van der Waals surface area (Å²) in [6.07, 6.45) is 1.85. The summed E-state index contributed by atoms with van der Waals surface area (Å²) in [5, 5.41) is 2.75. The van der Waals surface area contributed by atoms with Gasteiger partial charge in [-0.25, -0.2) is 13.1 Å². The summed E-state index contributed by atoms with van der Waals surface area (Å²) in [6.45, 7) is 4.54. The third kappa shape index (κ3) is 4.71. The molecule has 0 unspecified atom stereocenters. The highest BCUT2D eigenvalue weighted by Crippen LogP contribution is 2.24. The van der Waals surface area contributed by atoms with Crippen LogP contribution < -0.4 is 14.8 Å². The standard InChI is InChI=1S/C14H22N2O4S/c1-4-6-9-15-14(17)11-7-8-12(20-3)13(10-11)21(18,19)16-5-2/h7-8,10,16H,4-6,9H2,1-3H3,(H,15,17). The second-order valence-corrected chi connectivity index (χ2v) is 6.21. The van der Waals surface area contributed by atoms with Gasteiger partial charge in [0.05, 0.1) is 7.11 Å². The number of rotatable bonds is 8. The van der Waals surface area contributed by atoms with E-state index < -0.39 is 10.0 Å². The van der Waals surface area contributed by atoms with E-state index >= 15 is 0 Å². The molecule has 0 bridgehead atoms. The van der Waals surface area contributed by atoms with Crippen molar-refractivity contribution >= 4 is 15.9 Å². The minimum atomic E-state index is -3.69. The topological polar surface area (TPSA) is 84.5 Å². The number of amides is 1. The number of unbranched alkanes of at least 4 members (excludes halogenated alkanes) is 1. The lowest BCUT2D eigenvalue weighted by Gasteiger charge is -2.12. The fraction of sp³-hybridized carbons (Fsp3) is 0.500. The van der Waals surface area contributed by atoms with Crippen LogP contribution in [-0.2, 0) is 10.0 Å². The van der Waals surface area contributed by atoms with Gasteiger partial charge in [-0.05, 0) is 24.6 Å². The number of benzene rings is 1. The van der Waals surface area contributed by atoms with Crippen molar-refractivity contribution in [3.05, 3.63) is 23.8 Å². The normalized spacial score (nSPS) is 11.2. The Morgan fingerprint density at radius 3 is 2.57 bits per heavy atom. The molecule has 0 spiro atoms. The van der Waals surface area contributed by atoms with Crippen LogP contribution in [0.1, 0.15) is 37.0 Å². The van der Waals surface area contributed by atoms with Crippen molar-refractivity contribution in [1.82, 2.24) is 10.0 Å². The largest absolute Gasteiger partial charge is 0.495 e. The number of hydrogen-bond acceptors (Lipinski definition) is 4. The summed E-state index contributed by atoms with van der Waals surface area (Å²) in [5.74, 6) is -0.0832. The Bertz CT molecular complexity index is 585. The zero-order chi connectivity index (χ0) is 15.9. The Morgan fingerprint density at radius 2 is 2.00 bits per heavy atom. The van der Waals surface area contributed by atoms with E-state index in [2.05, 4.69) is 10.0 Å². The summed E-state index contributed by atoms with van der Waals surface area (Å²) in [7, 11) is -2.30. The minimum Gasteiger partial charge on any atom is -0.495 e. The van der Waals surface area contributed by atoms with Crippen molar-refractivity contribution in [2.75, 3.05) is 20.2 Å². The first-order chi connectivity index (χ1) is 9.96. The van der Waals surface area contributed by atoms with Crippen LogP contribution in [0.2, 0.25) is 0 Å². The summed E-state index contributed by atoms with van der Waals surface area (Å²) in [5.41, 5.74) is 0.295. The average molecular weight is 314 g/mol. The lowest BCUT2D eigenvalue weighted by atomic mass is 10.2. The molecule has 21 heavy (non-hydrogen) atoms. The third-order valence-electron chi connectivity index (χ3n) is 2.87. The van der Waals surface area contributed by atoms with E-state index in [1.54, 1.807) is 13.0 Å². The Kier molecular flexibility index (Phi) is 6.64. The number of hydrogen-bond donors (Lipinski definition) is 2. The number of nitrogens with one attached hydrogen (secondary N) is 2. The molecule has 7 heteroatoms. The third-order valence-corrected chi connectivity index (χ3v) is 4.43. The SMILES string of the molecule is CCCCNC(=O)c1ccc(OC)c(S(=O)(=O)NCC)c1. The van der Waals surface area contributed by atoms with E-state index in [4.69, 9.17) is 4.74 Å². The fourth-order valence-electron chi connectivity index (χ4n) is 1.78. The molecule has 0 aromatic heterocycles. The van der Waals surface area contributed by atoms with Gasteiger partial charge in [0.15, 0.2) is 0 Å². The lowest BCUT2D eigenvalue weighted by molar-refractivity contribution is 0.0953. The van der Waals surface area contributed by atoms with Crippen molar-refractivity contribution in [3.63, 3.8) is 0 Å². The van der Waals surface area contributed by atoms with E-state index in [1.807, 2.05) is 6.92 Å². The van der Waals surface area contributed by atoms with Crippen molar-refractivity contribution in [1.29, 1.82) is 0 Å². The van der Waals surface area contributed by atoms with Gasteiger partial charge in [-0.3, -0.25) is 4.79 Å². The number of carbonyl (C=O) groups excluding carboxylic acids is 1. The summed E-state index contributed by atoms with van der Waals surface area (Å²) >= 11 is 0. The maximum Gasteiger partial charge on any atom is 0.251 e. The van der Waals surface area contributed by atoms with Crippen LogP contribution in [0.25, 0.3) is 0 Å². The summed E-state index contributed by atoms with van der Waals surface area (Å²) < 4.78 is 31.7. The van der Waals surface area contributed by atoms with Crippen LogP contribution in [0.5, 0.6) is 5.75 Å². The highest BCUT2D eigenvalue weighted by atomic mass is 32.2. The molecule has 6 nitrogen and oxygen atoms in total. The molecule has 0 radical (unpaired) electrons. The molecule has 1 aromatic rings. The maximum atomic E-state index is 12.1. The van der Waals surface area contributed by atoms with E-state index in [9.17, 15) is 13.2 Å². The Labute approximate surface area is 125 Å². The number of sulfonamides is 1. The lowest BCUT2D eigenvalue weighted by Crippen LogP contribution is -2.26. The van der Waals surface area contributed by atoms with Gasteiger partial charge in [0.1, 0.15) is 10.6 Å². The van der Waals surface area contributed by atoms with Crippen LogP contribution in [0.3, 0.4) is 0 Å². The highest BCUT2D eigenvalue weighted by molar-refractivity contribution is 7.89. The van der Waals surface area contributed by atoms with Gasteiger partial charge in [-0.15, -0.1) is 0 Å². The first-order valence-corrected chi connectivity index (χ1v) is 8.40. The van der Waals surface area contributed by atoms with Gasteiger partial charge >= 0.3 is 0 Å². The molecule has 0 heterocycles. The quantitative estimate of drug-likeness (QED) is 0.713. The maximum absolute atomic E-state index is 12.1.